The van der Waals surface area contributed by atoms with E-state index in [9.17, 15) is 5.11 Å². The van der Waals surface area contributed by atoms with Gasteiger partial charge in [0, 0.05) is 6.04 Å². The molecule has 20 heavy (non-hydrogen) atoms. The van der Waals surface area contributed by atoms with Gasteiger partial charge in [0.15, 0.2) is 0 Å². The molecule has 2 unspecified atom stereocenters. The average molecular weight is 267 g/mol. The topological polar surface area (TPSA) is 46.2 Å². The van der Waals surface area contributed by atoms with Crippen molar-refractivity contribution in [3.05, 3.63) is 65.2 Å². The summed E-state index contributed by atoms with van der Waals surface area (Å²) in [5.41, 5.74) is 10.4. The van der Waals surface area contributed by atoms with E-state index in [-0.39, 0.29) is 6.04 Å². The quantitative estimate of drug-likeness (QED) is 0.817. The van der Waals surface area contributed by atoms with Gasteiger partial charge in [-0.25, -0.2) is 0 Å². The second kappa shape index (κ2) is 5.68. The average Bonchev–Trinajstić information content (AvgIpc) is 2.60. The first-order chi connectivity index (χ1) is 9.74. The van der Waals surface area contributed by atoms with Crippen molar-refractivity contribution in [3.63, 3.8) is 0 Å². The first-order valence-electron chi connectivity index (χ1n) is 7.35. The Morgan fingerprint density at radius 3 is 2.80 bits per heavy atom. The van der Waals surface area contributed by atoms with E-state index in [2.05, 4.69) is 30.3 Å². The molecular formula is C18H21NO. The van der Waals surface area contributed by atoms with Crippen LogP contribution in [-0.2, 0) is 12.8 Å². The van der Waals surface area contributed by atoms with Crippen LogP contribution >= 0.6 is 0 Å². The largest absolute Gasteiger partial charge is 0.508 e. The molecular weight excluding hydrogens is 246 g/mol. The maximum Gasteiger partial charge on any atom is 0.115 e. The Bertz CT molecular complexity index is 593. The number of aromatic hydroxyl groups is 1. The lowest BCUT2D eigenvalue weighted by Gasteiger charge is -2.23. The van der Waals surface area contributed by atoms with Gasteiger partial charge < -0.3 is 10.8 Å². The lowest BCUT2D eigenvalue weighted by molar-refractivity contribution is 0.401. The molecule has 0 bridgehead atoms. The highest BCUT2D eigenvalue weighted by Gasteiger charge is 2.24. The molecule has 0 aromatic heterocycles. The molecule has 0 saturated heterocycles. The summed E-state index contributed by atoms with van der Waals surface area (Å²) in [6, 6.07) is 16.2. The second-order valence-corrected chi connectivity index (χ2v) is 5.75. The van der Waals surface area contributed by atoms with Crippen LogP contribution in [0.15, 0.2) is 48.5 Å². The summed E-state index contributed by atoms with van der Waals surface area (Å²) < 4.78 is 0. The lowest BCUT2D eigenvalue weighted by Crippen LogP contribution is -2.22. The highest BCUT2D eigenvalue weighted by molar-refractivity contribution is 5.33. The summed E-state index contributed by atoms with van der Waals surface area (Å²) in [6.45, 7) is 0. The molecule has 0 saturated carbocycles. The first-order valence-corrected chi connectivity index (χ1v) is 7.35. The van der Waals surface area contributed by atoms with Gasteiger partial charge in [-0.1, -0.05) is 36.4 Å². The molecule has 3 rings (SSSR count). The number of phenolic OH excluding ortho intramolecular Hbond substituents is 1. The fourth-order valence-electron chi connectivity index (χ4n) is 3.29. The molecule has 0 amide bonds. The van der Waals surface area contributed by atoms with Crippen LogP contribution in [0.2, 0.25) is 0 Å². The second-order valence-electron chi connectivity index (χ2n) is 5.75. The normalized spacial score (nSPS) is 22.1. The SMILES string of the molecule is NC1c2ccccc2CCCC1Cc1cccc(O)c1. The van der Waals surface area contributed by atoms with Gasteiger partial charge in [-0.05, 0) is 60.4 Å². The monoisotopic (exact) mass is 267 g/mol. The number of rotatable bonds is 2. The van der Waals surface area contributed by atoms with Crippen LogP contribution in [-0.4, -0.2) is 5.11 Å². The minimum atomic E-state index is 0.0936. The van der Waals surface area contributed by atoms with Gasteiger partial charge in [-0.2, -0.15) is 0 Å². The predicted molar refractivity (Wildman–Crippen MR) is 81.6 cm³/mol. The zero-order chi connectivity index (χ0) is 13.9. The van der Waals surface area contributed by atoms with E-state index in [0.29, 0.717) is 11.7 Å². The number of hydrogen-bond donors (Lipinski definition) is 2. The first kappa shape index (κ1) is 13.2. The summed E-state index contributed by atoms with van der Waals surface area (Å²) >= 11 is 0. The Morgan fingerprint density at radius 2 is 1.95 bits per heavy atom. The molecule has 1 aliphatic rings. The van der Waals surface area contributed by atoms with Crippen molar-refractivity contribution < 1.29 is 5.11 Å². The van der Waals surface area contributed by atoms with Gasteiger partial charge in [-0.3, -0.25) is 0 Å². The minimum Gasteiger partial charge on any atom is -0.508 e. The highest BCUT2D eigenvalue weighted by Crippen LogP contribution is 2.33. The molecule has 2 atom stereocenters. The highest BCUT2D eigenvalue weighted by atomic mass is 16.3. The molecule has 2 nitrogen and oxygen atoms in total. The minimum absolute atomic E-state index is 0.0936. The van der Waals surface area contributed by atoms with Crippen molar-refractivity contribution in [2.24, 2.45) is 11.7 Å². The Hall–Kier alpha value is -1.80. The molecule has 3 N–H and O–H groups in total. The Morgan fingerprint density at radius 1 is 1.10 bits per heavy atom. The lowest BCUT2D eigenvalue weighted by atomic mass is 9.86. The van der Waals surface area contributed by atoms with Crippen molar-refractivity contribution in [1.82, 2.24) is 0 Å². The molecule has 104 valence electrons. The third-order valence-corrected chi connectivity index (χ3v) is 4.35. The zero-order valence-corrected chi connectivity index (χ0v) is 11.6. The summed E-state index contributed by atoms with van der Waals surface area (Å²) in [6.07, 6.45) is 4.39. The molecule has 2 aromatic carbocycles. The van der Waals surface area contributed by atoms with Gasteiger partial charge in [0.1, 0.15) is 5.75 Å². The van der Waals surface area contributed by atoms with Gasteiger partial charge in [0.25, 0.3) is 0 Å². The van der Waals surface area contributed by atoms with E-state index >= 15 is 0 Å². The van der Waals surface area contributed by atoms with Crippen LogP contribution in [0, 0.1) is 5.92 Å². The van der Waals surface area contributed by atoms with Crippen LogP contribution < -0.4 is 5.73 Å². The Labute approximate surface area is 120 Å². The number of fused-ring (bicyclic) bond motifs is 1. The van der Waals surface area contributed by atoms with E-state index < -0.39 is 0 Å². The number of aryl methyl sites for hydroxylation is 1. The molecule has 1 aliphatic carbocycles. The summed E-state index contributed by atoms with van der Waals surface area (Å²) in [4.78, 5) is 0. The fraction of sp³-hybridized carbons (Fsp3) is 0.333. The van der Waals surface area contributed by atoms with Crippen molar-refractivity contribution in [1.29, 1.82) is 0 Å². The van der Waals surface area contributed by atoms with E-state index in [0.717, 1.165) is 19.3 Å². The number of benzene rings is 2. The van der Waals surface area contributed by atoms with E-state index in [1.165, 1.54) is 23.1 Å². The Kier molecular flexibility index (Phi) is 3.75. The number of phenols is 1. The standard InChI is InChI=1S/C18H21NO/c19-18-15(11-13-5-3-9-16(20)12-13)8-4-7-14-6-1-2-10-17(14)18/h1-3,5-6,9-10,12,15,18,20H,4,7-8,11,19H2. The van der Waals surface area contributed by atoms with Crippen LogP contribution in [0.4, 0.5) is 0 Å². The Balaban J connectivity index is 1.84. The molecule has 0 heterocycles. The molecule has 2 heteroatoms. The van der Waals surface area contributed by atoms with Gasteiger partial charge >= 0.3 is 0 Å². The van der Waals surface area contributed by atoms with Crippen molar-refractivity contribution in [3.8, 4) is 5.75 Å². The third-order valence-electron chi connectivity index (χ3n) is 4.35. The zero-order valence-electron chi connectivity index (χ0n) is 11.6. The summed E-state index contributed by atoms with van der Waals surface area (Å²) in [7, 11) is 0. The van der Waals surface area contributed by atoms with Crippen molar-refractivity contribution in [2.45, 2.75) is 31.7 Å². The molecule has 2 aromatic rings. The van der Waals surface area contributed by atoms with Crippen molar-refractivity contribution in [2.75, 3.05) is 0 Å². The van der Waals surface area contributed by atoms with Gasteiger partial charge in [0.05, 0.1) is 0 Å². The fourth-order valence-corrected chi connectivity index (χ4v) is 3.29. The maximum atomic E-state index is 9.59. The van der Waals surface area contributed by atoms with E-state index in [1.807, 2.05) is 12.1 Å². The third kappa shape index (κ3) is 2.70. The van der Waals surface area contributed by atoms with Gasteiger partial charge in [0.2, 0.25) is 0 Å². The van der Waals surface area contributed by atoms with Crippen molar-refractivity contribution >= 4 is 0 Å². The summed E-state index contributed by atoms with van der Waals surface area (Å²) in [5.74, 6) is 0.783. The number of hydrogen-bond acceptors (Lipinski definition) is 2. The maximum absolute atomic E-state index is 9.59. The smallest absolute Gasteiger partial charge is 0.115 e. The van der Waals surface area contributed by atoms with Crippen LogP contribution in [0.3, 0.4) is 0 Å². The van der Waals surface area contributed by atoms with E-state index in [1.54, 1.807) is 6.07 Å². The molecule has 0 radical (unpaired) electrons. The van der Waals surface area contributed by atoms with Crippen LogP contribution in [0.5, 0.6) is 5.75 Å². The number of nitrogens with two attached hydrogens (primary N) is 1. The molecule has 0 fully saturated rings. The van der Waals surface area contributed by atoms with Crippen LogP contribution in [0.25, 0.3) is 0 Å². The van der Waals surface area contributed by atoms with Crippen LogP contribution in [0.1, 0.15) is 35.6 Å². The van der Waals surface area contributed by atoms with E-state index in [4.69, 9.17) is 5.73 Å². The van der Waals surface area contributed by atoms with Gasteiger partial charge in [-0.15, -0.1) is 0 Å². The predicted octanol–water partition coefficient (Wildman–Crippen LogP) is 3.59. The molecule has 0 spiro atoms. The molecule has 0 aliphatic heterocycles. The summed E-state index contributed by atoms with van der Waals surface area (Å²) in [5, 5.41) is 9.59.